The number of thiophene rings is 1. The second-order valence-corrected chi connectivity index (χ2v) is 8.47. The molecule has 0 radical (unpaired) electrons. The lowest BCUT2D eigenvalue weighted by Crippen LogP contribution is -2.37. The number of hydrogen-bond acceptors (Lipinski definition) is 5. The normalized spacial score (nSPS) is 16.8. The van der Waals surface area contributed by atoms with E-state index in [4.69, 9.17) is 4.74 Å². The first-order valence-electron chi connectivity index (χ1n) is 9.70. The van der Waals surface area contributed by atoms with Gasteiger partial charge in [0.2, 0.25) is 0 Å². The van der Waals surface area contributed by atoms with Gasteiger partial charge in [-0.2, -0.15) is 0 Å². The number of aromatic amines is 1. The molecule has 0 unspecified atom stereocenters. The monoisotopic (exact) mass is 407 g/mol. The van der Waals surface area contributed by atoms with Gasteiger partial charge in [-0.15, -0.1) is 11.3 Å². The maximum atomic E-state index is 13.0. The number of hydrogen-bond donors (Lipinski definition) is 2. The highest BCUT2D eigenvalue weighted by atomic mass is 32.1. The SMILES string of the molecule is Cc1cc2cc(Oc3ccnc4cc(C(=O)N5CCC[C@@H]5CO)sc34)ccc2[nH]1. The molecule has 1 saturated heterocycles. The van der Waals surface area contributed by atoms with Crippen LogP contribution in [0, 0.1) is 6.92 Å². The molecule has 1 atom stereocenters. The zero-order valence-corrected chi connectivity index (χ0v) is 16.8. The van der Waals surface area contributed by atoms with E-state index >= 15 is 0 Å². The summed E-state index contributed by atoms with van der Waals surface area (Å²) in [5.74, 6) is 1.38. The van der Waals surface area contributed by atoms with Crippen molar-refractivity contribution < 1.29 is 14.6 Å². The molecule has 6 nitrogen and oxygen atoms in total. The molecule has 0 spiro atoms. The standard InChI is InChI=1S/C22H21N3O3S/c1-13-9-14-10-16(4-5-17(14)24-13)28-19-6-7-23-18-11-20(29-21(18)19)22(27)25-8-2-3-15(25)12-26/h4-7,9-11,15,24,26H,2-3,8,12H2,1H3/t15-/m1/s1. The van der Waals surface area contributed by atoms with E-state index < -0.39 is 0 Å². The van der Waals surface area contributed by atoms with Crippen molar-refractivity contribution in [3.63, 3.8) is 0 Å². The Morgan fingerprint density at radius 2 is 2.24 bits per heavy atom. The average Bonchev–Trinajstić information content (AvgIpc) is 3.44. The Hall–Kier alpha value is -2.90. The van der Waals surface area contributed by atoms with Gasteiger partial charge in [0.05, 0.1) is 27.7 Å². The average molecular weight is 407 g/mol. The predicted molar refractivity (Wildman–Crippen MR) is 114 cm³/mol. The van der Waals surface area contributed by atoms with Gasteiger partial charge < -0.3 is 19.7 Å². The predicted octanol–water partition coefficient (Wildman–Crippen LogP) is 4.48. The summed E-state index contributed by atoms with van der Waals surface area (Å²) in [6.45, 7) is 2.72. The number of likely N-dealkylation sites (tertiary alicyclic amines) is 1. The van der Waals surface area contributed by atoms with Crippen LogP contribution in [-0.4, -0.2) is 45.1 Å². The second kappa shape index (κ2) is 7.17. The van der Waals surface area contributed by atoms with Gasteiger partial charge in [0.1, 0.15) is 11.5 Å². The Kier molecular flexibility index (Phi) is 4.49. The zero-order valence-electron chi connectivity index (χ0n) is 16.0. The lowest BCUT2D eigenvalue weighted by Gasteiger charge is -2.22. The summed E-state index contributed by atoms with van der Waals surface area (Å²) >= 11 is 1.39. The number of aliphatic hydroxyl groups excluding tert-OH is 1. The van der Waals surface area contributed by atoms with Crippen molar-refractivity contribution in [1.82, 2.24) is 14.9 Å². The number of aliphatic hydroxyl groups is 1. The van der Waals surface area contributed by atoms with Crippen LogP contribution in [0.2, 0.25) is 0 Å². The maximum absolute atomic E-state index is 13.0. The quantitative estimate of drug-likeness (QED) is 0.523. The molecule has 29 heavy (non-hydrogen) atoms. The Morgan fingerprint density at radius 3 is 3.10 bits per heavy atom. The number of H-pyrrole nitrogens is 1. The molecular weight excluding hydrogens is 386 g/mol. The number of carbonyl (C=O) groups is 1. The number of rotatable bonds is 4. The van der Waals surface area contributed by atoms with Gasteiger partial charge in [-0.1, -0.05) is 0 Å². The van der Waals surface area contributed by atoms with E-state index in [2.05, 4.69) is 16.0 Å². The first kappa shape index (κ1) is 18.1. The van der Waals surface area contributed by atoms with Gasteiger partial charge in [0.25, 0.3) is 5.91 Å². The summed E-state index contributed by atoms with van der Waals surface area (Å²) in [5, 5.41) is 10.6. The molecule has 1 aliphatic heterocycles. The zero-order chi connectivity index (χ0) is 20.0. The van der Waals surface area contributed by atoms with Crippen molar-refractivity contribution in [1.29, 1.82) is 0 Å². The number of amides is 1. The van der Waals surface area contributed by atoms with Crippen LogP contribution in [0.15, 0.2) is 42.6 Å². The summed E-state index contributed by atoms with van der Waals surface area (Å²) in [6, 6.07) is 11.6. The first-order valence-corrected chi connectivity index (χ1v) is 10.5. The van der Waals surface area contributed by atoms with Crippen molar-refractivity contribution >= 4 is 38.4 Å². The first-order chi connectivity index (χ1) is 14.1. The number of pyridine rings is 1. The van der Waals surface area contributed by atoms with E-state index in [0.29, 0.717) is 17.2 Å². The molecule has 3 aromatic heterocycles. The van der Waals surface area contributed by atoms with Gasteiger partial charge >= 0.3 is 0 Å². The van der Waals surface area contributed by atoms with Gasteiger partial charge in [0, 0.05) is 35.4 Å². The highest BCUT2D eigenvalue weighted by molar-refractivity contribution is 7.21. The lowest BCUT2D eigenvalue weighted by atomic mass is 10.2. The van der Waals surface area contributed by atoms with E-state index in [1.807, 2.05) is 37.3 Å². The summed E-state index contributed by atoms with van der Waals surface area (Å²) in [6.07, 6.45) is 3.47. The van der Waals surface area contributed by atoms with Gasteiger partial charge in [0.15, 0.2) is 0 Å². The van der Waals surface area contributed by atoms with Crippen LogP contribution >= 0.6 is 11.3 Å². The minimum Gasteiger partial charge on any atom is -0.456 e. The Balaban J connectivity index is 1.47. The fraction of sp³-hybridized carbons (Fsp3) is 0.273. The lowest BCUT2D eigenvalue weighted by molar-refractivity contribution is 0.0682. The van der Waals surface area contributed by atoms with Crippen molar-refractivity contribution in [3.8, 4) is 11.5 Å². The summed E-state index contributed by atoms with van der Waals surface area (Å²) < 4.78 is 7.01. The van der Waals surface area contributed by atoms with Gasteiger partial charge in [-0.05, 0) is 50.1 Å². The van der Waals surface area contributed by atoms with Crippen LogP contribution in [0.25, 0.3) is 21.1 Å². The molecular formula is C22H21N3O3S. The molecule has 7 heteroatoms. The Morgan fingerprint density at radius 1 is 1.34 bits per heavy atom. The third-order valence-corrected chi connectivity index (χ3v) is 6.52. The van der Waals surface area contributed by atoms with Gasteiger partial charge in [-0.3, -0.25) is 9.78 Å². The molecule has 0 aliphatic carbocycles. The maximum Gasteiger partial charge on any atom is 0.264 e. The van der Waals surface area contributed by atoms with Crippen molar-refractivity contribution in [2.24, 2.45) is 0 Å². The van der Waals surface area contributed by atoms with Crippen LogP contribution in [0.4, 0.5) is 0 Å². The topological polar surface area (TPSA) is 78.4 Å². The molecule has 0 bridgehead atoms. The van der Waals surface area contributed by atoms with Crippen molar-refractivity contribution in [2.45, 2.75) is 25.8 Å². The van der Waals surface area contributed by atoms with E-state index in [9.17, 15) is 9.90 Å². The fourth-order valence-electron chi connectivity index (χ4n) is 3.98. The smallest absolute Gasteiger partial charge is 0.264 e. The summed E-state index contributed by atoms with van der Waals surface area (Å²) in [4.78, 5) is 23.1. The van der Waals surface area contributed by atoms with E-state index in [1.54, 1.807) is 11.1 Å². The third kappa shape index (κ3) is 3.26. The molecule has 1 fully saturated rings. The molecule has 1 aliphatic rings. The minimum atomic E-state index is -0.0899. The molecule has 1 amide bonds. The largest absolute Gasteiger partial charge is 0.456 e. The number of fused-ring (bicyclic) bond motifs is 2. The van der Waals surface area contributed by atoms with Gasteiger partial charge in [-0.25, -0.2) is 0 Å². The molecule has 4 heterocycles. The van der Waals surface area contributed by atoms with Crippen LogP contribution < -0.4 is 4.74 Å². The van der Waals surface area contributed by atoms with Crippen LogP contribution in [-0.2, 0) is 0 Å². The van der Waals surface area contributed by atoms with Crippen LogP contribution in [0.5, 0.6) is 11.5 Å². The second-order valence-electron chi connectivity index (χ2n) is 7.41. The fourth-order valence-corrected chi connectivity index (χ4v) is 5.00. The van der Waals surface area contributed by atoms with Crippen LogP contribution in [0.3, 0.4) is 0 Å². The Bertz CT molecular complexity index is 1210. The number of carbonyl (C=O) groups excluding carboxylic acids is 1. The van der Waals surface area contributed by atoms with E-state index in [0.717, 1.165) is 45.4 Å². The number of benzene rings is 1. The highest BCUT2D eigenvalue weighted by Gasteiger charge is 2.30. The molecule has 0 saturated carbocycles. The molecule has 148 valence electrons. The van der Waals surface area contributed by atoms with E-state index in [1.165, 1.54) is 11.3 Å². The minimum absolute atomic E-state index is 0.00432. The van der Waals surface area contributed by atoms with Crippen LogP contribution in [0.1, 0.15) is 28.2 Å². The molecule has 1 aromatic carbocycles. The summed E-state index contributed by atoms with van der Waals surface area (Å²) in [5.41, 5.74) is 2.92. The van der Waals surface area contributed by atoms with E-state index in [-0.39, 0.29) is 18.6 Å². The van der Waals surface area contributed by atoms with Crippen molar-refractivity contribution in [2.75, 3.05) is 13.2 Å². The number of ether oxygens (including phenoxy) is 1. The highest BCUT2D eigenvalue weighted by Crippen LogP contribution is 2.36. The summed E-state index contributed by atoms with van der Waals surface area (Å²) in [7, 11) is 0. The molecule has 2 N–H and O–H groups in total. The third-order valence-electron chi connectivity index (χ3n) is 5.39. The molecule has 4 aromatic rings. The van der Waals surface area contributed by atoms with Crippen molar-refractivity contribution in [3.05, 3.63) is 53.2 Å². The number of aryl methyl sites for hydroxylation is 1. The number of nitrogens with zero attached hydrogens (tertiary/aromatic N) is 2. The number of nitrogens with one attached hydrogen (secondary N) is 1. The molecule has 5 rings (SSSR count). The number of aromatic nitrogens is 2. The Labute approximate surface area is 171 Å².